The molecular weight excluding hydrogens is 313 g/mol. The van der Waals surface area contributed by atoms with E-state index in [-0.39, 0.29) is 42.5 Å². The Labute approximate surface area is 131 Å². The summed E-state index contributed by atoms with van der Waals surface area (Å²) >= 11 is 5.67. The van der Waals surface area contributed by atoms with Crippen molar-refractivity contribution < 1.29 is 14.3 Å². The summed E-state index contributed by atoms with van der Waals surface area (Å²) in [5.74, 6) is -0.931. The highest BCUT2D eigenvalue weighted by atomic mass is 35.5. The molecule has 1 saturated heterocycles. The molecule has 1 amide bonds. The van der Waals surface area contributed by atoms with Crippen molar-refractivity contribution in [2.45, 2.75) is 24.6 Å². The van der Waals surface area contributed by atoms with Crippen molar-refractivity contribution in [1.82, 2.24) is 10.6 Å². The predicted octanol–water partition coefficient (Wildman–Crippen LogP) is 1.50. The van der Waals surface area contributed by atoms with Gasteiger partial charge in [-0.05, 0) is 11.6 Å². The van der Waals surface area contributed by atoms with Crippen molar-refractivity contribution in [1.29, 1.82) is 0 Å². The van der Waals surface area contributed by atoms with Crippen molar-refractivity contribution in [2.24, 2.45) is 5.11 Å². The van der Waals surface area contributed by atoms with Gasteiger partial charge < -0.3 is 15.7 Å². The van der Waals surface area contributed by atoms with Crippen LogP contribution in [0.4, 0.5) is 4.39 Å². The van der Waals surface area contributed by atoms with Crippen molar-refractivity contribution in [3.05, 3.63) is 45.0 Å². The lowest BCUT2D eigenvalue weighted by molar-refractivity contribution is -0.123. The first-order valence-corrected chi connectivity index (χ1v) is 7.00. The molecule has 118 valence electrons. The summed E-state index contributed by atoms with van der Waals surface area (Å²) in [6.45, 7) is 0.0387. The van der Waals surface area contributed by atoms with Crippen LogP contribution in [0.1, 0.15) is 12.0 Å². The van der Waals surface area contributed by atoms with Crippen LogP contribution in [-0.2, 0) is 11.3 Å². The standard InChI is InChI=1S/C13H15ClFN5O2/c14-9-3-1-2-8(11(9)15)5-17-12(21)10-4-13(22,6-18-10)7-19-20-16/h1-3,10,18,22H,4-7H2,(H,17,21)/t10-,13+/m0/s1. The van der Waals surface area contributed by atoms with Crippen molar-refractivity contribution in [3.63, 3.8) is 0 Å². The van der Waals surface area contributed by atoms with Crippen LogP contribution in [0, 0.1) is 5.82 Å². The number of carbonyl (C=O) groups is 1. The van der Waals surface area contributed by atoms with Gasteiger partial charge in [0.1, 0.15) is 5.82 Å². The van der Waals surface area contributed by atoms with Gasteiger partial charge in [0.2, 0.25) is 5.91 Å². The number of azide groups is 1. The summed E-state index contributed by atoms with van der Waals surface area (Å²) in [5.41, 5.74) is 7.32. The Morgan fingerprint density at radius 2 is 2.45 bits per heavy atom. The van der Waals surface area contributed by atoms with Crippen LogP contribution >= 0.6 is 11.6 Å². The number of nitrogens with zero attached hydrogens (tertiary/aromatic N) is 3. The summed E-state index contributed by atoms with van der Waals surface area (Å²) in [4.78, 5) is 14.6. The van der Waals surface area contributed by atoms with Gasteiger partial charge in [-0.15, -0.1) is 0 Å². The Morgan fingerprint density at radius 1 is 1.68 bits per heavy atom. The molecule has 2 atom stereocenters. The summed E-state index contributed by atoms with van der Waals surface area (Å²) < 4.78 is 13.7. The van der Waals surface area contributed by atoms with Crippen LogP contribution < -0.4 is 10.6 Å². The van der Waals surface area contributed by atoms with Crippen LogP contribution in [0.2, 0.25) is 5.02 Å². The van der Waals surface area contributed by atoms with E-state index in [0.717, 1.165) is 0 Å². The number of benzene rings is 1. The summed E-state index contributed by atoms with van der Waals surface area (Å²) in [6.07, 6.45) is 0.121. The van der Waals surface area contributed by atoms with Gasteiger partial charge in [0.05, 0.1) is 23.2 Å². The zero-order valence-corrected chi connectivity index (χ0v) is 12.3. The number of hydrogen-bond donors (Lipinski definition) is 3. The number of β-amino-alcohol motifs (C(OH)–C–C–N with tert-alkyl or cyclic N) is 1. The molecule has 0 unspecified atom stereocenters. The summed E-state index contributed by atoms with van der Waals surface area (Å²) in [7, 11) is 0. The minimum absolute atomic E-state index is 0.00180. The smallest absolute Gasteiger partial charge is 0.237 e. The molecule has 0 saturated carbocycles. The first kappa shape index (κ1) is 16.5. The van der Waals surface area contributed by atoms with E-state index < -0.39 is 17.5 Å². The molecule has 1 aromatic carbocycles. The second kappa shape index (κ2) is 6.93. The largest absolute Gasteiger partial charge is 0.388 e. The maximum Gasteiger partial charge on any atom is 0.237 e. The number of aliphatic hydroxyl groups is 1. The molecule has 22 heavy (non-hydrogen) atoms. The molecule has 0 spiro atoms. The van der Waals surface area contributed by atoms with Gasteiger partial charge in [-0.25, -0.2) is 4.39 Å². The van der Waals surface area contributed by atoms with E-state index in [4.69, 9.17) is 17.1 Å². The zero-order chi connectivity index (χ0) is 16.2. The van der Waals surface area contributed by atoms with E-state index >= 15 is 0 Å². The van der Waals surface area contributed by atoms with E-state index in [1.54, 1.807) is 6.07 Å². The van der Waals surface area contributed by atoms with E-state index in [1.807, 2.05) is 0 Å². The van der Waals surface area contributed by atoms with E-state index in [1.165, 1.54) is 12.1 Å². The Kier molecular flexibility index (Phi) is 5.20. The highest BCUT2D eigenvalue weighted by Gasteiger charge is 2.39. The normalized spacial score (nSPS) is 23.9. The molecule has 0 radical (unpaired) electrons. The van der Waals surface area contributed by atoms with Gasteiger partial charge >= 0.3 is 0 Å². The maximum absolute atomic E-state index is 13.7. The van der Waals surface area contributed by atoms with Crippen molar-refractivity contribution >= 4 is 17.5 Å². The fraction of sp³-hybridized carbons (Fsp3) is 0.462. The maximum atomic E-state index is 13.7. The van der Waals surface area contributed by atoms with Gasteiger partial charge in [-0.1, -0.05) is 28.8 Å². The zero-order valence-electron chi connectivity index (χ0n) is 11.6. The number of amides is 1. The molecular formula is C13H15ClFN5O2. The minimum Gasteiger partial charge on any atom is -0.388 e. The first-order chi connectivity index (χ1) is 10.4. The number of hydrogen-bond acceptors (Lipinski definition) is 4. The van der Waals surface area contributed by atoms with Crippen LogP contribution in [0.5, 0.6) is 0 Å². The molecule has 1 fully saturated rings. The van der Waals surface area contributed by atoms with Gasteiger partial charge in [0, 0.05) is 30.0 Å². The third-order valence-corrected chi connectivity index (χ3v) is 3.78. The van der Waals surface area contributed by atoms with Crippen LogP contribution in [0.3, 0.4) is 0 Å². The number of rotatable bonds is 5. The first-order valence-electron chi connectivity index (χ1n) is 6.62. The van der Waals surface area contributed by atoms with E-state index in [9.17, 15) is 14.3 Å². The molecule has 0 aromatic heterocycles. The minimum atomic E-state index is -1.24. The molecule has 7 nitrogen and oxygen atoms in total. The van der Waals surface area contributed by atoms with Gasteiger partial charge in [-0.3, -0.25) is 4.79 Å². The predicted molar refractivity (Wildman–Crippen MR) is 78.6 cm³/mol. The molecule has 1 aliphatic rings. The Hall–Kier alpha value is -1.86. The Bertz CT molecular complexity index is 622. The van der Waals surface area contributed by atoms with Gasteiger partial charge in [0.25, 0.3) is 0 Å². The molecule has 1 heterocycles. The average molecular weight is 328 g/mol. The number of nitrogens with one attached hydrogen (secondary N) is 2. The Balaban J connectivity index is 1.91. The lowest BCUT2D eigenvalue weighted by atomic mass is 10.0. The molecule has 2 rings (SSSR count). The lowest BCUT2D eigenvalue weighted by Gasteiger charge is -2.18. The molecule has 0 aliphatic carbocycles. The van der Waals surface area contributed by atoms with E-state index in [2.05, 4.69) is 20.7 Å². The van der Waals surface area contributed by atoms with Crippen LogP contribution in [0.15, 0.2) is 23.3 Å². The number of carbonyl (C=O) groups excluding carboxylic acids is 1. The quantitative estimate of drug-likeness (QED) is 0.433. The third kappa shape index (κ3) is 3.86. The highest BCUT2D eigenvalue weighted by Crippen LogP contribution is 2.21. The molecule has 1 aromatic rings. The topological polar surface area (TPSA) is 110 Å². The fourth-order valence-electron chi connectivity index (χ4n) is 2.30. The summed E-state index contributed by atoms with van der Waals surface area (Å²) in [5, 5.41) is 18.9. The molecule has 3 N–H and O–H groups in total. The van der Waals surface area contributed by atoms with Gasteiger partial charge in [0.15, 0.2) is 0 Å². The second-order valence-electron chi connectivity index (χ2n) is 5.18. The average Bonchev–Trinajstić information content (AvgIpc) is 2.89. The highest BCUT2D eigenvalue weighted by molar-refractivity contribution is 6.30. The SMILES string of the molecule is [N-]=[N+]=NC[C@]1(O)CN[C@H](C(=O)NCc2cccc(Cl)c2F)C1. The van der Waals surface area contributed by atoms with Gasteiger partial charge in [-0.2, -0.15) is 0 Å². The molecule has 9 heteroatoms. The van der Waals surface area contributed by atoms with Crippen molar-refractivity contribution in [3.8, 4) is 0 Å². The van der Waals surface area contributed by atoms with E-state index in [0.29, 0.717) is 0 Å². The Morgan fingerprint density at radius 3 is 3.18 bits per heavy atom. The summed E-state index contributed by atoms with van der Waals surface area (Å²) in [6, 6.07) is 3.93. The van der Waals surface area contributed by atoms with Crippen LogP contribution in [-0.4, -0.2) is 35.7 Å². The lowest BCUT2D eigenvalue weighted by Crippen LogP contribution is -2.40. The molecule has 1 aliphatic heterocycles. The second-order valence-corrected chi connectivity index (χ2v) is 5.59. The molecule has 0 bridgehead atoms. The van der Waals surface area contributed by atoms with Crippen molar-refractivity contribution in [2.75, 3.05) is 13.1 Å². The number of halogens is 2. The third-order valence-electron chi connectivity index (χ3n) is 3.49. The fourth-order valence-corrected chi connectivity index (χ4v) is 2.49. The van der Waals surface area contributed by atoms with Crippen LogP contribution in [0.25, 0.3) is 10.4 Å². The monoisotopic (exact) mass is 327 g/mol.